The summed E-state index contributed by atoms with van der Waals surface area (Å²) in [6, 6.07) is 20.9. The topological polar surface area (TPSA) is 69.5 Å². The van der Waals surface area contributed by atoms with Crippen molar-refractivity contribution in [2.24, 2.45) is 0 Å². The highest BCUT2D eigenvalue weighted by Gasteiger charge is 2.22. The van der Waals surface area contributed by atoms with Crippen LogP contribution in [-0.2, 0) is 13.1 Å². The van der Waals surface area contributed by atoms with Crippen LogP contribution in [-0.4, -0.2) is 51.7 Å². The van der Waals surface area contributed by atoms with Crippen LogP contribution in [0.1, 0.15) is 31.0 Å². The van der Waals surface area contributed by atoms with Crippen LogP contribution in [0.25, 0.3) is 10.9 Å². The van der Waals surface area contributed by atoms with E-state index in [0.29, 0.717) is 31.1 Å². The van der Waals surface area contributed by atoms with E-state index >= 15 is 0 Å². The molecule has 0 saturated heterocycles. The average Bonchev–Trinajstić information content (AvgIpc) is 3.16. The zero-order chi connectivity index (χ0) is 24.1. The predicted molar refractivity (Wildman–Crippen MR) is 139 cm³/mol. The smallest absolute Gasteiger partial charge is 0.225 e. The molecular weight excluding hydrogens is 424 g/mol. The largest absolute Gasteiger partial charge is 0.493 e. The Balaban J connectivity index is 1.82. The molecule has 0 fully saturated rings. The first kappa shape index (κ1) is 23.6. The normalized spacial score (nSPS) is 11.5. The van der Waals surface area contributed by atoms with Crippen LogP contribution in [0.2, 0.25) is 0 Å². The van der Waals surface area contributed by atoms with Crippen molar-refractivity contribution >= 4 is 22.7 Å². The van der Waals surface area contributed by atoms with Crippen molar-refractivity contribution in [1.82, 2.24) is 19.4 Å². The van der Waals surface area contributed by atoms with Gasteiger partial charge in [-0.2, -0.15) is 4.98 Å². The zero-order valence-electron chi connectivity index (χ0n) is 20.4. The molecule has 7 nitrogen and oxygen atoms in total. The Morgan fingerprint density at radius 2 is 1.50 bits per heavy atom. The molecule has 0 aliphatic rings. The maximum absolute atomic E-state index is 11.0. The summed E-state index contributed by atoms with van der Waals surface area (Å²) in [4.78, 5) is 14.0. The number of aromatic nitrogens is 3. The van der Waals surface area contributed by atoms with Gasteiger partial charge in [-0.05, 0) is 39.1 Å². The Morgan fingerprint density at radius 3 is 2.03 bits per heavy atom. The molecule has 0 bridgehead atoms. The quantitative estimate of drug-likeness (QED) is 0.352. The van der Waals surface area contributed by atoms with E-state index in [1.165, 1.54) is 11.1 Å². The first-order valence-corrected chi connectivity index (χ1v) is 11.8. The minimum atomic E-state index is 0.101. The van der Waals surface area contributed by atoms with Crippen molar-refractivity contribution in [1.29, 1.82) is 0 Å². The van der Waals surface area contributed by atoms with Gasteiger partial charge in [0.15, 0.2) is 0 Å². The number of likely N-dealkylation sites (N-methyl/N-ethyl adjacent to an activating group) is 1. The number of nitrogens with zero attached hydrogens (tertiary/aromatic N) is 5. The summed E-state index contributed by atoms with van der Waals surface area (Å²) in [5.74, 6) is 1.50. The molecule has 0 radical (unpaired) electrons. The summed E-state index contributed by atoms with van der Waals surface area (Å²) in [6.07, 6.45) is 1.97. The van der Waals surface area contributed by atoms with Gasteiger partial charge in [0, 0.05) is 38.4 Å². The van der Waals surface area contributed by atoms with Gasteiger partial charge in [0.1, 0.15) is 11.3 Å². The van der Waals surface area contributed by atoms with Gasteiger partial charge in [0.25, 0.3) is 0 Å². The SMILES string of the molecule is CC(C)n1cc2c(N(Cc3ccccc3)Cc3ccccc3)nc(NCCN(C)C)nc2c1O. The Morgan fingerprint density at radius 1 is 0.912 bits per heavy atom. The third-order valence-electron chi connectivity index (χ3n) is 5.78. The number of fused-ring (bicyclic) bond motifs is 1. The van der Waals surface area contributed by atoms with Crippen molar-refractivity contribution in [3.05, 3.63) is 78.0 Å². The molecule has 0 saturated carbocycles. The summed E-state index contributed by atoms with van der Waals surface area (Å²) < 4.78 is 1.86. The molecule has 178 valence electrons. The molecule has 0 aliphatic carbocycles. The van der Waals surface area contributed by atoms with Crippen molar-refractivity contribution < 1.29 is 5.11 Å². The highest BCUT2D eigenvalue weighted by molar-refractivity contribution is 5.94. The standard InChI is InChI=1S/C27H34N6O/c1-20(2)33-19-23-24(26(33)34)29-27(28-15-16-31(3)4)30-25(23)32(17-21-11-7-5-8-12-21)18-22-13-9-6-10-14-22/h5-14,19-20,34H,15-18H2,1-4H3,(H,28,29). The van der Waals surface area contributed by atoms with Gasteiger partial charge in [0.2, 0.25) is 11.8 Å². The highest BCUT2D eigenvalue weighted by atomic mass is 16.3. The van der Waals surface area contributed by atoms with Gasteiger partial charge in [-0.1, -0.05) is 60.7 Å². The summed E-state index contributed by atoms with van der Waals surface area (Å²) >= 11 is 0. The molecule has 2 heterocycles. The zero-order valence-corrected chi connectivity index (χ0v) is 20.4. The molecule has 0 amide bonds. The van der Waals surface area contributed by atoms with Gasteiger partial charge >= 0.3 is 0 Å². The highest BCUT2D eigenvalue weighted by Crippen LogP contribution is 2.36. The van der Waals surface area contributed by atoms with E-state index in [-0.39, 0.29) is 11.9 Å². The molecule has 4 rings (SSSR count). The fourth-order valence-electron chi connectivity index (χ4n) is 3.99. The van der Waals surface area contributed by atoms with Gasteiger partial charge < -0.3 is 24.8 Å². The fraction of sp³-hybridized carbons (Fsp3) is 0.333. The monoisotopic (exact) mass is 458 g/mol. The number of rotatable bonds is 10. The summed E-state index contributed by atoms with van der Waals surface area (Å²) in [7, 11) is 4.07. The van der Waals surface area contributed by atoms with Crippen molar-refractivity contribution in [3.63, 3.8) is 0 Å². The Kier molecular flexibility index (Phi) is 7.33. The van der Waals surface area contributed by atoms with Crippen molar-refractivity contribution in [2.75, 3.05) is 37.4 Å². The van der Waals surface area contributed by atoms with E-state index < -0.39 is 0 Å². The maximum atomic E-state index is 11.0. The number of nitrogens with one attached hydrogen (secondary N) is 1. The number of aromatic hydroxyl groups is 1. The fourth-order valence-corrected chi connectivity index (χ4v) is 3.99. The van der Waals surface area contributed by atoms with Gasteiger partial charge in [0.05, 0.1) is 5.39 Å². The summed E-state index contributed by atoms with van der Waals surface area (Å²) in [5.41, 5.74) is 2.96. The molecule has 2 aromatic carbocycles. The molecule has 0 spiro atoms. The van der Waals surface area contributed by atoms with Gasteiger partial charge in [-0.25, -0.2) is 4.98 Å². The van der Waals surface area contributed by atoms with E-state index in [0.717, 1.165) is 17.7 Å². The minimum Gasteiger partial charge on any atom is -0.493 e. The van der Waals surface area contributed by atoms with Crippen molar-refractivity contribution in [3.8, 4) is 5.88 Å². The third kappa shape index (κ3) is 5.48. The molecule has 0 aliphatic heterocycles. The average molecular weight is 459 g/mol. The van der Waals surface area contributed by atoms with E-state index in [1.807, 2.05) is 50.8 Å². The lowest BCUT2D eigenvalue weighted by atomic mass is 10.1. The van der Waals surface area contributed by atoms with Gasteiger partial charge in [-0.3, -0.25) is 0 Å². The van der Waals surface area contributed by atoms with E-state index in [9.17, 15) is 5.11 Å². The van der Waals surface area contributed by atoms with Crippen LogP contribution in [0.4, 0.5) is 11.8 Å². The van der Waals surface area contributed by atoms with Crippen molar-refractivity contribution in [2.45, 2.75) is 33.0 Å². The Bertz CT molecular complexity index is 1160. The molecule has 2 N–H and O–H groups in total. The summed E-state index contributed by atoms with van der Waals surface area (Å²) in [5, 5.41) is 15.2. The lowest BCUT2D eigenvalue weighted by Crippen LogP contribution is -2.25. The lowest BCUT2D eigenvalue weighted by molar-refractivity contribution is 0.404. The van der Waals surface area contributed by atoms with Crippen LogP contribution in [0.15, 0.2) is 66.9 Å². The second kappa shape index (κ2) is 10.6. The Hall–Kier alpha value is -3.58. The lowest BCUT2D eigenvalue weighted by Gasteiger charge is -2.25. The third-order valence-corrected chi connectivity index (χ3v) is 5.78. The number of anilines is 2. The molecule has 0 unspecified atom stereocenters. The molecule has 4 aromatic rings. The first-order valence-electron chi connectivity index (χ1n) is 11.8. The minimum absolute atomic E-state index is 0.101. The Labute approximate surface area is 201 Å². The first-order chi connectivity index (χ1) is 16.4. The number of hydrogen-bond acceptors (Lipinski definition) is 6. The van der Waals surface area contributed by atoms with E-state index in [4.69, 9.17) is 9.97 Å². The van der Waals surface area contributed by atoms with Crippen LogP contribution in [0.3, 0.4) is 0 Å². The van der Waals surface area contributed by atoms with Gasteiger partial charge in [-0.15, -0.1) is 0 Å². The second-order valence-electron chi connectivity index (χ2n) is 9.14. The van der Waals surface area contributed by atoms with Crippen LogP contribution in [0.5, 0.6) is 5.88 Å². The molecule has 34 heavy (non-hydrogen) atoms. The summed E-state index contributed by atoms with van der Waals surface area (Å²) in [6.45, 7) is 7.04. The molecule has 2 aromatic heterocycles. The van der Waals surface area contributed by atoms with Crippen LogP contribution in [0, 0.1) is 0 Å². The molecular formula is C27H34N6O. The molecule has 0 atom stereocenters. The van der Waals surface area contributed by atoms with Crippen LogP contribution >= 0.6 is 0 Å². The van der Waals surface area contributed by atoms with Crippen LogP contribution < -0.4 is 10.2 Å². The molecule has 7 heteroatoms. The number of hydrogen-bond donors (Lipinski definition) is 2. The van der Waals surface area contributed by atoms with E-state index in [2.05, 4.69) is 63.6 Å². The number of benzene rings is 2. The second-order valence-corrected chi connectivity index (χ2v) is 9.14. The predicted octanol–water partition coefficient (Wildman–Crippen LogP) is 4.90. The van der Waals surface area contributed by atoms with E-state index in [1.54, 1.807) is 0 Å². The maximum Gasteiger partial charge on any atom is 0.225 e.